The molecule has 84 valence electrons. The van der Waals surface area contributed by atoms with E-state index < -0.39 is 12.2 Å². The molecule has 2 unspecified atom stereocenters. The van der Waals surface area contributed by atoms with Crippen LogP contribution in [-0.2, 0) is 5.41 Å². The van der Waals surface area contributed by atoms with Gasteiger partial charge in [0.1, 0.15) is 6.10 Å². The first-order valence-electron chi connectivity index (χ1n) is 5.29. The standard InChI is InChI=1S/C13H20O2/c1-9(14)12(15)10-5-7-11(8-6-10)13(2,3)4/h5-9,12,14-15H,1-4H3. The van der Waals surface area contributed by atoms with Crippen LogP contribution >= 0.6 is 0 Å². The monoisotopic (exact) mass is 208 g/mol. The SMILES string of the molecule is CC(O)C(O)c1ccc(C(C)(C)C)cc1. The van der Waals surface area contributed by atoms with Gasteiger partial charge in [-0.1, -0.05) is 45.0 Å². The number of aliphatic hydroxyl groups excluding tert-OH is 2. The van der Waals surface area contributed by atoms with Crippen molar-refractivity contribution in [3.8, 4) is 0 Å². The molecule has 15 heavy (non-hydrogen) atoms. The van der Waals surface area contributed by atoms with Crippen molar-refractivity contribution in [1.82, 2.24) is 0 Å². The van der Waals surface area contributed by atoms with Gasteiger partial charge in [0.15, 0.2) is 0 Å². The molecular formula is C13H20O2. The van der Waals surface area contributed by atoms with Crippen molar-refractivity contribution in [2.75, 3.05) is 0 Å². The maximum atomic E-state index is 9.64. The second-order valence-corrected chi connectivity index (χ2v) is 5.06. The van der Waals surface area contributed by atoms with Crippen LogP contribution in [0.5, 0.6) is 0 Å². The lowest BCUT2D eigenvalue weighted by atomic mass is 9.86. The van der Waals surface area contributed by atoms with E-state index in [1.165, 1.54) is 5.56 Å². The summed E-state index contributed by atoms with van der Waals surface area (Å²) >= 11 is 0. The van der Waals surface area contributed by atoms with E-state index in [2.05, 4.69) is 20.8 Å². The van der Waals surface area contributed by atoms with E-state index in [0.29, 0.717) is 0 Å². The van der Waals surface area contributed by atoms with Crippen molar-refractivity contribution < 1.29 is 10.2 Å². The lowest BCUT2D eigenvalue weighted by Crippen LogP contribution is -2.15. The van der Waals surface area contributed by atoms with E-state index in [1.54, 1.807) is 6.92 Å². The quantitative estimate of drug-likeness (QED) is 0.783. The minimum atomic E-state index is -0.793. The Balaban J connectivity index is 2.91. The van der Waals surface area contributed by atoms with Crippen molar-refractivity contribution in [3.63, 3.8) is 0 Å². The summed E-state index contributed by atoms with van der Waals surface area (Å²) in [7, 11) is 0. The molecule has 0 bridgehead atoms. The van der Waals surface area contributed by atoms with Gasteiger partial charge in [0.25, 0.3) is 0 Å². The van der Waals surface area contributed by atoms with Crippen LogP contribution in [0.1, 0.15) is 44.9 Å². The van der Waals surface area contributed by atoms with Gasteiger partial charge in [-0.05, 0) is 23.5 Å². The third-order valence-electron chi connectivity index (χ3n) is 2.58. The van der Waals surface area contributed by atoms with E-state index in [0.717, 1.165) is 5.56 Å². The average Bonchev–Trinajstić information content (AvgIpc) is 2.15. The molecule has 1 aromatic rings. The first-order chi connectivity index (χ1) is 6.82. The highest BCUT2D eigenvalue weighted by Gasteiger charge is 2.16. The molecule has 0 fully saturated rings. The molecule has 0 saturated carbocycles. The third-order valence-corrected chi connectivity index (χ3v) is 2.58. The fraction of sp³-hybridized carbons (Fsp3) is 0.538. The molecule has 0 spiro atoms. The number of aliphatic hydroxyl groups is 2. The van der Waals surface area contributed by atoms with Gasteiger partial charge in [-0.3, -0.25) is 0 Å². The molecule has 1 rings (SSSR count). The van der Waals surface area contributed by atoms with Gasteiger partial charge < -0.3 is 10.2 Å². The third kappa shape index (κ3) is 3.05. The molecule has 0 aromatic heterocycles. The Kier molecular flexibility index (Phi) is 3.53. The molecule has 0 radical (unpaired) electrons. The zero-order valence-corrected chi connectivity index (χ0v) is 9.86. The van der Waals surface area contributed by atoms with E-state index in [9.17, 15) is 10.2 Å². The van der Waals surface area contributed by atoms with Gasteiger partial charge in [-0.2, -0.15) is 0 Å². The molecule has 0 aliphatic carbocycles. The number of benzene rings is 1. The van der Waals surface area contributed by atoms with Crippen LogP contribution in [0, 0.1) is 0 Å². The highest BCUT2D eigenvalue weighted by molar-refractivity contribution is 5.28. The average molecular weight is 208 g/mol. The van der Waals surface area contributed by atoms with Gasteiger partial charge in [0.05, 0.1) is 6.10 Å². The predicted molar refractivity (Wildman–Crippen MR) is 61.8 cm³/mol. The van der Waals surface area contributed by atoms with Crippen LogP contribution in [-0.4, -0.2) is 16.3 Å². The Hall–Kier alpha value is -0.860. The molecule has 1 aromatic carbocycles. The summed E-state index contributed by atoms with van der Waals surface area (Å²) in [5.41, 5.74) is 2.11. The van der Waals surface area contributed by atoms with E-state index in [4.69, 9.17) is 0 Å². The van der Waals surface area contributed by atoms with Crippen LogP contribution in [0.3, 0.4) is 0 Å². The van der Waals surface area contributed by atoms with Crippen molar-refractivity contribution >= 4 is 0 Å². The van der Waals surface area contributed by atoms with E-state index in [1.807, 2.05) is 24.3 Å². The maximum Gasteiger partial charge on any atom is 0.105 e. The molecule has 2 N–H and O–H groups in total. The molecular weight excluding hydrogens is 188 g/mol. The van der Waals surface area contributed by atoms with Crippen molar-refractivity contribution in [3.05, 3.63) is 35.4 Å². The summed E-state index contributed by atoms with van der Waals surface area (Å²) in [6.07, 6.45) is -1.52. The van der Waals surface area contributed by atoms with E-state index >= 15 is 0 Å². The minimum absolute atomic E-state index is 0.119. The fourth-order valence-corrected chi connectivity index (χ4v) is 1.46. The molecule has 0 heterocycles. The summed E-state index contributed by atoms with van der Waals surface area (Å²) in [5, 5.41) is 18.9. The topological polar surface area (TPSA) is 40.5 Å². The summed E-state index contributed by atoms with van der Waals surface area (Å²) in [4.78, 5) is 0. The van der Waals surface area contributed by atoms with Crippen LogP contribution in [0.4, 0.5) is 0 Å². The molecule has 0 amide bonds. The van der Waals surface area contributed by atoms with Crippen molar-refractivity contribution in [2.45, 2.75) is 45.3 Å². The normalized spacial score (nSPS) is 16.1. The minimum Gasteiger partial charge on any atom is -0.390 e. The van der Waals surface area contributed by atoms with Gasteiger partial charge in [0.2, 0.25) is 0 Å². The molecule has 0 aliphatic rings. The second-order valence-electron chi connectivity index (χ2n) is 5.06. The Morgan fingerprint density at radius 1 is 1.00 bits per heavy atom. The van der Waals surface area contributed by atoms with Gasteiger partial charge in [0, 0.05) is 0 Å². The second kappa shape index (κ2) is 4.33. The predicted octanol–water partition coefficient (Wildman–Crippen LogP) is 2.40. The van der Waals surface area contributed by atoms with Gasteiger partial charge >= 0.3 is 0 Å². The molecule has 2 heteroatoms. The fourth-order valence-electron chi connectivity index (χ4n) is 1.46. The van der Waals surface area contributed by atoms with Crippen molar-refractivity contribution in [1.29, 1.82) is 0 Å². The largest absolute Gasteiger partial charge is 0.390 e. The van der Waals surface area contributed by atoms with Crippen LogP contribution in [0.15, 0.2) is 24.3 Å². The number of hydrogen-bond acceptors (Lipinski definition) is 2. The zero-order chi connectivity index (χ0) is 11.6. The van der Waals surface area contributed by atoms with Crippen LogP contribution < -0.4 is 0 Å². The van der Waals surface area contributed by atoms with Crippen LogP contribution in [0.25, 0.3) is 0 Å². The Morgan fingerprint density at radius 2 is 1.47 bits per heavy atom. The highest BCUT2D eigenvalue weighted by Crippen LogP contribution is 2.24. The summed E-state index contributed by atoms with van der Waals surface area (Å²) in [6, 6.07) is 7.75. The van der Waals surface area contributed by atoms with E-state index in [-0.39, 0.29) is 5.41 Å². The number of rotatable bonds is 2. The lowest BCUT2D eigenvalue weighted by Gasteiger charge is -2.20. The highest BCUT2D eigenvalue weighted by atomic mass is 16.3. The van der Waals surface area contributed by atoms with Crippen molar-refractivity contribution in [2.24, 2.45) is 0 Å². The molecule has 2 nitrogen and oxygen atoms in total. The molecule has 0 saturated heterocycles. The Morgan fingerprint density at radius 3 is 1.80 bits per heavy atom. The molecule has 0 aliphatic heterocycles. The number of hydrogen-bond donors (Lipinski definition) is 2. The maximum absolute atomic E-state index is 9.64. The first-order valence-corrected chi connectivity index (χ1v) is 5.29. The lowest BCUT2D eigenvalue weighted by molar-refractivity contribution is 0.0305. The summed E-state index contributed by atoms with van der Waals surface area (Å²) in [6.45, 7) is 8.02. The summed E-state index contributed by atoms with van der Waals surface area (Å²) < 4.78 is 0. The smallest absolute Gasteiger partial charge is 0.105 e. The Labute approximate surface area is 91.6 Å². The van der Waals surface area contributed by atoms with Crippen LogP contribution in [0.2, 0.25) is 0 Å². The van der Waals surface area contributed by atoms with Gasteiger partial charge in [-0.25, -0.2) is 0 Å². The summed E-state index contributed by atoms with van der Waals surface area (Å²) in [5.74, 6) is 0. The van der Waals surface area contributed by atoms with Gasteiger partial charge in [-0.15, -0.1) is 0 Å². The molecule has 2 atom stereocenters. The Bertz CT molecular complexity index is 306. The zero-order valence-electron chi connectivity index (χ0n) is 9.86. The first kappa shape index (κ1) is 12.2.